The molecule has 6 nitrogen and oxygen atoms in total. The fourth-order valence-corrected chi connectivity index (χ4v) is 4.12. The van der Waals surface area contributed by atoms with Crippen molar-refractivity contribution < 1.29 is 0 Å². The Hall–Kier alpha value is -4.32. The first kappa shape index (κ1) is 20.6. The van der Waals surface area contributed by atoms with Crippen LogP contribution in [0.15, 0.2) is 85.5 Å². The molecule has 162 valence electrons. The third-order valence-corrected chi connectivity index (χ3v) is 5.62. The van der Waals surface area contributed by atoms with E-state index in [4.69, 9.17) is 10.7 Å². The van der Waals surface area contributed by atoms with Crippen molar-refractivity contribution in [3.8, 4) is 22.4 Å². The molecule has 33 heavy (non-hydrogen) atoms. The van der Waals surface area contributed by atoms with Gasteiger partial charge in [0.1, 0.15) is 18.0 Å². The molecule has 0 saturated heterocycles. The Kier molecular flexibility index (Phi) is 5.40. The lowest BCUT2D eigenvalue weighted by Gasteiger charge is -2.20. The van der Waals surface area contributed by atoms with Gasteiger partial charge in [0.15, 0.2) is 0 Å². The number of benzene rings is 2. The zero-order valence-electron chi connectivity index (χ0n) is 18.5. The SMILES string of the molecule is CC(C)c1nc(N)c2cccc(Nc3ncccc3-c3ccncn3)c2c1-c1ccccc1. The van der Waals surface area contributed by atoms with Gasteiger partial charge >= 0.3 is 0 Å². The first-order valence-corrected chi connectivity index (χ1v) is 10.9. The molecule has 0 aliphatic carbocycles. The molecule has 3 heterocycles. The van der Waals surface area contributed by atoms with Gasteiger partial charge in [-0.05, 0) is 35.7 Å². The van der Waals surface area contributed by atoms with Crippen molar-refractivity contribution in [2.75, 3.05) is 11.1 Å². The fourth-order valence-electron chi connectivity index (χ4n) is 4.12. The highest BCUT2D eigenvalue weighted by molar-refractivity contribution is 6.10. The smallest absolute Gasteiger partial charge is 0.139 e. The van der Waals surface area contributed by atoms with E-state index in [-0.39, 0.29) is 5.92 Å². The number of nitrogens with zero attached hydrogens (tertiary/aromatic N) is 4. The summed E-state index contributed by atoms with van der Waals surface area (Å²) in [6.45, 7) is 4.28. The first-order chi connectivity index (χ1) is 16.1. The summed E-state index contributed by atoms with van der Waals surface area (Å²) in [5, 5.41) is 5.50. The number of fused-ring (bicyclic) bond motifs is 1. The Morgan fingerprint density at radius 1 is 0.848 bits per heavy atom. The molecule has 2 aromatic carbocycles. The van der Waals surface area contributed by atoms with Gasteiger partial charge in [0.2, 0.25) is 0 Å². The molecule has 3 N–H and O–H groups in total. The van der Waals surface area contributed by atoms with E-state index < -0.39 is 0 Å². The summed E-state index contributed by atoms with van der Waals surface area (Å²) in [6, 6.07) is 22.2. The van der Waals surface area contributed by atoms with Crippen LogP contribution < -0.4 is 11.1 Å². The van der Waals surface area contributed by atoms with E-state index in [1.165, 1.54) is 0 Å². The van der Waals surface area contributed by atoms with E-state index in [0.29, 0.717) is 11.6 Å². The van der Waals surface area contributed by atoms with Crippen LogP contribution in [0.2, 0.25) is 0 Å². The van der Waals surface area contributed by atoms with E-state index in [1.807, 2.05) is 48.5 Å². The average molecular weight is 433 g/mol. The van der Waals surface area contributed by atoms with Crippen LogP contribution in [-0.4, -0.2) is 19.9 Å². The zero-order valence-corrected chi connectivity index (χ0v) is 18.5. The number of anilines is 3. The van der Waals surface area contributed by atoms with Crippen molar-refractivity contribution >= 4 is 28.1 Å². The molecular weight excluding hydrogens is 408 g/mol. The van der Waals surface area contributed by atoms with Crippen LogP contribution in [-0.2, 0) is 0 Å². The molecule has 0 unspecified atom stereocenters. The summed E-state index contributed by atoms with van der Waals surface area (Å²) in [6.07, 6.45) is 5.04. The largest absolute Gasteiger partial charge is 0.383 e. The normalized spacial score (nSPS) is 11.1. The molecular formula is C27H24N6. The minimum Gasteiger partial charge on any atom is -0.383 e. The molecule has 6 heteroatoms. The predicted molar refractivity (Wildman–Crippen MR) is 134 cm³/mol. The molecule has 0 aliphatic heterocycles. The maximum absolute atomic E-state index is 6.45. The molecule has 0 spiro atoms. The summed E-state index contributed by atoms with van der Waals surface area (Å²) in [5.41, 5.74) is 12.2. The van der Waals surface area contributed by atoms with Crippen LogP contribution in [0.1, 0.15) is 25.5 Å². The maximum Gasteiger partial charge on any atom is 0.139 e. The molecule has 0 fully saturated rings. The van der Waals surface area contributed by atoms with E-state index >= 15 is 0 Å². The van der Waals surface area contributed by atoms with Gasteiger partial charge in [0.25, 0.3) is 0 Å². The molecule has 0 radical (unpaired) electrons. The van der Waals surface area contributed by atoms with E-state index in [0.717, 1.165) is 44.5 Å². The van der Waals surface area contributed by atoms with Gasteiger partial charge in [0, 0.05) is 40.0 Å². The third-order valence-electron chi connectivity index (χ3n) is 5.62. The Morgan fingerprint density at radius 2 is 1.70 bits per heavy atom. The molecule has 0 saturated carbocycles. The maximum atomic E-state index is 6.45. The first-order valence-electron chi connectivity index (χ1n) is 10.9. The molecule has 5 rings (SSSR count). The highest BCUT2D eigenvalue weighted by Gasteiger charge is 2.20. The van der Waals surface area contributed by atoms with Crippen molar-refractivity contribution in [3.05, 3.63) is 91.1 Å². The topological polar surface area (TPSA) is 89.6 Å². The molecule has 0 bridgehead atoms. The quantitative estimate of drug-likeness (QED) is 0.343. The second-order valence-electron chi connectivity index (χ2n) is 8.13. The van der Waals surface area contributed by atoms with Crippen molar-refractivity contribution in [1.82, 2.24) is 19.9 Å². The number of nitrogens with one attached hydrogen (secondary N) is 1. The molecule has 0 amide bonds. The number of aromatic nitrogens is 4. The lowest BCUT2D eigenvalue weighted by Crippen LogP contribution is -2.05. The highest BCUT2D eigenvalue weighted by atomic mass is 15.0. The standard InChI is InChI=1S/C27H24N6/c1-17(2)25-23(18-8-4-3-5-9-18)24-20(26(28)33-25)10-6-12-22(24)32-27-19(11-7-14-30-27)21-13-15-29-16-31-21/h3-17H,1-2H3,(H2,28,33)(H,30,32). The zero-order chi connectivity index (χ0) is 22.8. The van der Waals surface area contributed by atoms with Gasteiger partial charge < -0.3 is 11.1 Å². The third kappa shape index (κ3) is 3.87. The van der Waals surface area contributed by atoms with Crippen molar-refractivity contribution in [2.45, 2.75) is 19.8 Å². The van der Waals surface area contributed by atoms with Crippen LogP contribution in [0.5, 0.6) is 0 Å². The van der Waals surface area contributed by atoms with Crippen molar-refractivity contribution in [3.63, 3.8) is 0 Å². The number of rotatable bonds is 5. The van der Waals surface area contributed by atoms with Crippen molar-refractivity contribution in [2.24, 2.45) is 0 Å². The summed E-state index contributed by atoms with van der Waals surface area (Å²) in [5.74, 6) is 1.43. The molecule has 0 aliphatic rings. The number of nitrogen functional groups attached to an aromatic ring is 1. The highest BCUT2D eigenvalue weighted by Crippen LogP contribution is 2.41. The van der Waals surface area contributed by atoms with Gasteiger partial charge in [-0.15, -0.1) is 0 Å². The Balaban J connectivity index is 1.77. The van der Waals surface area contributed by atoms with E-state index in [1.54, 1.807) is 18.7 Å². The second kappa shape index (κ2) is 8.67. The average Bonchev–Trinajstić information content (AvgIpc) is 2.85. The van der Waals surface area contributed by atoms with Crippen LogP contribution in [0.3, 0.4) is 0 Å². The molecule has 0 atom stereocenters. The van der Waals surface area contributed by atoms with Gasteiger partial charge in [-0.1, -0.05) is 56.3 Å². The number of nitrogens with two attached hydrogens (primary N) is 1. The Bertz CT molecular complexity index is 1420. The van der Waals surface area contributed by atoms with E-state index in [2.05, 4.69) is 52.3 Å². The van der Waals surface area contributed by atoms with Gasteiger partial charge in [-0.3, -0.25) is 0 Å². The number of hydrogen-bond donors (Lipinski definition) is 2. The minimum atomic E-state index is 0.200. The van der Waals surface area contributed by atoms with Crippen LogP contribution >= 0.6 is 0 Å². The Labute approximate surface area is 192 Å². The number of pyridine rings is 2. The van der Waals surface area contributed by atoms with Crippen LogP contribution in [0.25, 0.3) is 33.2 Å². The van der Waals surface area contributed by atoms with Gasteiger partial charge in [-0.2, -0.15) is 0 Å². The predicted octanol–water partition coefficient (Wildman–Crippen LogP) is 6.20. The lowest BCUT2D eigenvalue weighted by atomic mass is 9.91. The van der Waals surface area contributed by atoms with Crippen LogP contribution in [0.4, 0.5) is 17.3 Å². The summed E-state index contributed by atoms with van der Waals surface area (Å²) in [7, 11) is 0. The minimum absolute atomic E-state index is 0.200. The summed E-state index contributed by atoms with van der Waals surface area (Å²) >= 11 is 0. The van der Waals surface area contributed by atoms with Crippen molar-refractivity contribution in [1.29, 1.82) is 0 Å². The lowest BCUT2D eigenvalue weighted by molar-refractivity contribution is 0.831. The van der Waals surface area contributed by atoms with Gasteiger partial charge in [-0.25, -0.2) is 19.9 Å². The Morgan fingerprint density at radius 3 is 2.45 bits per heavy atom. The molecule has 5 aromatic rings. The fraction of sp³-hybridized carbons (Fsp3) is 0.111. The second-order valence-corrected chi connectivity index (χ2v) is 8.13. The number of hydrogen-bond acceptors (Lipinski definition) is 6. The van der Waals surface area contributed by atoms with Crippen LogP contribution in [0, 0.1) is 0 Å². The summed E-state index contributed by atoms with van der Waals surface area (Å²) < 4.78 is 0. The molecule has 3 aromatic heterocycles. The van der Waals surface area contributed by atoms with E-state index in [9.17, 15) is 0 Å². The van der Waals surface area contributed by atoms with Gasteiger partial charge in [0.05, 0.1) is 11.4 Å². The monoisotopic (exact) mass is 432 g/mol. The summed E-state index contributed by atoms with van der Waals surface area (Å²) in [4.78, 5) is 17.9.